The number of rotatable bonds is 6. The Bertz CT molecular complexity index is 1170. The summed E-state index contributed by atoms with van der Waals surface area (Å²) in [5.41, 5.74) is 4.43. The van der Waals surface area contributed by atoms with Gasteiger partial charge < -0.3 is 15.7 Å². The topological polar surface area (TPSA) is 118 Å². The van der Waals surface area contributed by atoms with Gasteiger partial charge in [-0.1, -0.05) is 6.07 Å². The Hall–Kier alpha value is -3.85. The molecule has 0 atom stereocenters. The lowest BCUT2D eigenvalue weighted by molar-refractivity contribution is 0.252. The van der Waals surface area contributed by atoms with Crippen LogP contribution in [0.5, 0.6) is 0 Å². The number of carbonyl (C=O) groups is 1. The summed E-state index contributed by atoms with van der Waals surface area (Å²) >= 11 is 0. The molecule has 0 fully saturated rings. The zero-order valence-corrected chi connectivity index (χ0v) is 16.4. The molecule has 0 aliphatic heterocycles. The van der Waals surface area contributed by atoms with Crippen LogP contribution in [0.1, 0.15) is 12.6 Å². The van der Waals surface area contributed by atoms with E-state index >= 15 is 0 Å². The number of nitrogens with one attached hydrogen (secondary N) is 2. The number of aliphatic hydroxyl groups excluding tert-OH is 1. The van der Waals surface area contributed by atoms with Gasteiger partial charge in [0.05, 0.1) is 11.2 Å². The van der Waals surface area contributed by atoms with Gasteiger partial charge in [0, 0.05) is 67.4 Å². The molecule has 9 heteroatoms. The van der Waals surface area contributed by atoms with Crippen molar-refractivity contribution in [2.24, 2.45) is 0 Å². The zero-order chi connectivity index (χ0) is 20.9. The van der Waals surface area contributed by atoms with Gasteiger partial charge in [-0.3, -0.25) is 14.5 Å². The third-order valence-electron chi connectivity index (χ3n) is 4.50. The zero-order valence-electron chi connectivity index (χ0n) is 16.4. The fourth-order valence-corrected chi connectivity index (χ4v) is 3.13. The Kier molecular flexibility index (Phi) is 5.62. The van der Waals surface area contributed by atoms with Crippen molar-refractivity contribution < 1.29 is 9.90 Å². The highest BCUT2D eigenvalue weighted by molar-refractivity contribution is 6.00. The molecule has 0 spiro atoms. The summed E-state index contributed by atoms with van der Waals surface area (Å²) in [5, 5.41) is 14.8. The van der Waals surface area contributed by atoms with Crippen molar-refractivity contribution in [2.75, 3.05) is 18.5 Å². The summed E-state index contributed by atoms with van der Waals surface area (Å²) in [6.45, 7) is 2.36. The van der Waals surface area contributed by atoms with E-state index in [9.17, 15) is 9.90 Å². The highest BCUT2D eigenvalue weighted by Crippen LogP contribution is 2.30. The molecule has 4 rings (SSSR count). The molecule has 0 saturated carbocycles. The number of hydrogen-bond donors (Lipinski definition) is 3. The lowest BCUT2D eigenvalue weighted by atomic mass is 10.1. The smallest absolute Gasteiger partial charge is 0.319 e. The standard InChI is InChI=1S/C21H21N7O2/c1-2-23-21(30)27-17-13-28(20-24-8-5-16(26-20)6-9-29)18-10-15(12-25-19(17)18)14-4-3-7-22-11-14/h3-5,7-8,10-13,29H,2,6,9H2,1H3,(H2,23,27,30). The van der Waals surface area contributed by atoms with Crippen LogP contribution in [0.3, 0.4) is 0 Å². The second-order valence-electron chi connectivity index (χ2n) is 6.55. The maximum absolute atomic E-state index is 12.1. The van der Waals surface area contributed by atoms with E-state index in [1.54, 1.807) is 41.6 Å². The van der Waals surface area contributed by atoms with Crippen molar-refractivity contribution in [2.45, 2.75) is 13.3 Å². The van der Waals surface area contributed by atoms with Crippen molar-refractivity contribution in [3.63, 3.8) is 0 Å². The number of nitrogens with zero attached hydrogens (tertiary/aromatic N) is 5. The number of aromatic nitrogens is 5. The van der Waals surface area contributed by atoms with E-state index in [1.165, 1.54) is 0 Å². The monoisotopic (exact) mass is 403 g/mol. The van der Waals surface area contributed by atoms with E-state index in [-0.39, 0.29) is 12.6 Å². The van der Waals surface area contributed by atoms with Crippen LogP contribution in [-0.4, -0.2) is 48.8 Å². The van der Waals surface area contributed by atoms with Crippen LogP contribution in [0.4, 0.5) is 10.5 Å². The van der Waals surface area contributed by atoms with E-state index in [2.05, 4.69) is 30.6 Å². The first-order valence-electron chi connectivity index (χ1n) is 9.59. The number of hydrogen-bond acceptors (Lipinski definition) is 6. The highest BCUT2D eigenvalue weighted by Gasteiger charge is 2.16. The lowest BCUT2D eigenvalue weighted by Gasteiger charge is -2.06. The molecule has 3 N–H and O–H groups in total. The lowest BCUT2D eigenvalue weighted by Crippen LogP contribution is -2.28. The Balaban J connectivity index is 1.86. The van der Waals surface area contributed by atoms with Crippen LogP contribution >= 0.6 is 0 Å². The minimum atomic E-state index is -0.315. The minimum absolute atomic E-state index is 0.000412. The number of pyridine rings is 2. The van der Waals surface area contributed by atoms with Crippen molar-refractivity contribution in [1.29, 1.82) is 0 Å². The number of amides is 2. The fourth-order valence-electron chi connectivity index (χ4n) is 3.13. The highest BCUT2D eigenvalue weighted by atomic mass is 16.3. The van der Waals surface area contributed by atoms with Crippen molar-refractivity contribution >= 4 is 22.8 Å². The first-order valence-corrected chi connectivity index (χ1v) is 9.59. The van der Waals surface area contributed by atoms with E-state index in [0.717, 1.165) is 22.3 Å². The number of carbonyl (C=O) groups excluding carboxylic acids is 1. The predicted molar refractivity (Wildman–Crippen MR) is 113 cm³/mol. The van der Waals surface area contributed by atoms with E-state index < -0.39 is 0 Å². The molecule has 9 nitrogen and oxygen atoms in total. The number of anilines is 1. The van der Waals surface area contributed by atoms with Gasteiger partial charge >= 0.3 is 6.03 Å². The summed E-state index contributed by atoms with van der Waals surface area (Å²) in [5.74, 6) is 0.431. The van der Waals surface area contributed by atoms with Gasteiger partial charge in [0.25, 0.3) is 0 Å². The molecule has 4 aromatic heterocycles. The Morgan fingerprint density at radius 2 is 2.07 bits per heavy atom. The first kappa shape index (κ1) is 19.5. The molecule has 2 amide bonds. The Labute approximate surface area is 172 Å². The third-order valence-corrected chi connectivity index (χ3v) is 4.50. The van der Waals surface area contributed by atoms with Crippen LogP contribution in [0, 0.1) is 0 Å². The number of fused-ring (bicyclic) bond motifs is 1. The summed E-state index contributed by atoms with van der Waals surface area (Å²) in [4.78, 5) is 29.8. The number of aliphatic hydroxyl groups is 1. The van der Waals surface area contributed by atoms with E-state index in [0.29, 0.717) is 30.1 Å². The molecular weight excluding hydrogens is 382 g/mol. The van der Waals surface area contributed by atoms with Gasteiger partial charge in [-0.25, -0.2) is 14.8 Å². The van der Waals surface area contributed by atoms with Gasteiger partial charge in [-0.05, 0) is 25.1 Å². The van der Waals surface area contributed by atoms with E-state index in [1.807, 2.05) is 25.1 Å². The Morgan fingerprint density at radius 3 is 2.83 bits per heavy atom. The normalized spacial score (nSPS) is 10.9. The van der Waals surface area contributed by atoms with Crippen molar-refractivity contribution in [3.05, 3.63) is 60.9 Å². The molecule has 0 aromatic carbocycles. The molecule has 0 aliphatic rings. The Morgan fingerprint density at radius 1 is 1.17 bits per heavy atom. The molecule has 0 bridgehead atoms. The molecule has 4 aromatic rings. The third kappa shape index (κ3) is 3.96. The second-order valence-corrected chi connectivity index (χ2v) is 6.55. The molecule has 0 radical (unpaired) electrons. The molecule has 152 valence electrons. The summed E-state index contributed by atoms with van der Waals surface area (Å²) in [6, 6.07) is 7.23. The molecule has 0 saturated heterocycles. The predicted octanol–water partition coefficient (Wildman–Crippen LogP) is 2.55. The summed E-state index contributed by atoms with van der Waals surface area (Å²) in [7, 11) is 0. The van der Waals surface area contributed by atoms with Crippen molar-refractivity contribution in [1.82, 2.24) is 29.8 Å². The average molecular weight is 403 g/mol. The quantitative estimate of drug-likeness (QED) is 0.455. The van der Waals surface area contributed by atoms with E-state index in [4.69, 9.17) is 0 Å². The molecule has 0 unspecified atom stereocenters. The first-order chi connectivity index (χ1) is 14.7. The molecule has 4 heterocycles. The summed E-state index contributed by atoms with van der Waals surface area (Å²) in [6.07, 6.45) is 9.05. The van der Waals surface area contributed by atoms with Crippen molar-refractivity contribution in [3.8, 4) is 17.1 Å². The van der Waals surface area contributed by atoms with Crippen LogP contribution < -0.4 is 10.6 Å². The minimum Gasteiger partial charge on any atom is -0.396 e. The van der Waals surface area contributed by atoms with Crippen LogP contribution in [0.15, 0.2) is 55.2 Å². The van der Waals surface area contributed by atoms with Gasteiger partial charge in [-0.2, -0.15) is 0 Å². The molecule has 30 heavy (non-hydrogen) atoms. The SMILES string of the molecule is CCNC(=O)Nc1cn(-c2nccc(CCO)n2)c2cc(-c3cccnc3)cnc12. The van der Waals surface area contributed by atoms with Crippen LogP contribution in [-0.2, 0) is 6.42 Å². The second kappa shape index (κ2) is 8.66. The molecule has 0 aliphatic carbocycles. The van der Waals surface area contributed by atoms with Gasteiger partial charge in [0.2, 0.25) is 5.95 Å². The van der Waals surface area contributed by atoms with Gasteiger partial charge in [0.1, 0.15) is 5.52 Å². The maximum Gasteiger partial charge on any atom is 0.319 e. The molecular formula is C21H21N7O2. The average Bonchev–Trinajstić information content (AvgIpc) is 3.12. The fraction of sp³-hybridized carbons (Fsp3) is 0.190. The maximum atomic E-state index is 12.1. The van der Waals surface area contributed by atoms with Gasteiger partial charge in [-0.15, -0.1) is 0 Å². The van der Waals surface area contributed by atoms with Crippen LogP contribution in [0.25, 0.3) is 28.1 Å². The summed E-state index contributed by atoms with van der Waals surface area (Å²) < 4.78 is 1.78. The van der Waals surface area contributed by atoms with Crippen LogP contribution in [0.2, 0.25) is 0 Å². The van der Waals surface area contributed by atoms with Gasteiger partial charge in [0.15, 0.2) is 0 Å². The number of urea groups is 1. The largest absolute Gasteiger partial charge is 0.396 e.